The second-order valence-electron chi connectivity index (χ2n) is 5.47. The predicted molar refractivity (Wildman–Crippen MR) is 78.6 cm³/mol. The number of H-pyrrole nitrogens is 1. The van der Waals surface area contributed by atoms with Gasteiger partial charge in [0.15, 0.2) is 0 Å². The smallest absolute Gasteiger partial charge is 0.271 e. The summed E-state index contributed by atoms with van der Waals surface area (Å²) in [5.41, 5.74) is 4.95. The van der Waals surface area contributed by atoms with Crippen LogP contribution in [0.15, 0.2) is 24.3 Å². The summed E-state index contributed by atoms with van der Waals surface area (Å²) in [4.78, 5) is 14.2. The van der Waals surface area contributed by atoms with Gasteiger partial charge in [-0.25, -0.2) is 0 Å². The second kappa shape index (κ2) is 5.12. The molecule has 1 amide bonds. The quantitative estimate of drug-likeness (QED) is 0.911. The Kier molecular flexibility index (Phi) is 3.30. The third-order valence-corrected chi connectivity index (χ3v) is 4.00. The first-order valence-electron chi connectivity index (χ1n) is 7.07. The summed E-state index contributed by atoms with van der Waals surface area (Å²) in [6.45, 7) is 5.89. The average Bonchev–Trinajstić information content (AvgIpc) is 3.11. The fourth-order valence-corrected chi connectivity index (χ4v) is 2.57. The molecule has 4 heteroatoms. The molecule has 0 saturated carbocycles. The van der Waals surface area contributed by atoms with Crippen molar-refractivity contribution in [1.82, 2.24) is 15.1 Å². The molecular weight excluding hydrogens is 250 g/mol. The molecular formula is C16H19N3O. The molecule has 1 aliphatic rings. The van der Waals surface area contributed by atoms with Crippen molar-refractivity contribution in [2.24, 2.45) is 0 Å². The largest absolute Gasteiger partial charge is 0.337 e. The first-order valence-corrected chi connectivity index (χ1v) is 7.07. The number of hydrogen-bond donors (Lipinski definition) is 1. The van der Waals surface area contributed by atoms with E-state index in [1.807, 2.05) is 17.0 Å². The normalized spacial score (nSPS) is 14.8. The third kappa shape index (κ3) is 2.33. The molecule has 0 bridgehead atoms. The van der Waals surface area contributed by atoms with E-state index in [-0.39, 0.29) is 5.91 Å². The molecule has 3 rings (SSSR count). The monoisotopic (exact) mass is 269 g/mol. The lowest BCUT2D eigenvalue weighted by atomic mass is 10.0. The maximum Gasteiger partial charge on any atom is 0.271 e. The van der Waals surface area contributed by atoms with Crippen molar-refractivity contribution in [2.75, 3.05) is 13.1 Å². The van der Waals surface area contributed by atoms with Gasteiger partial charge in [0.2, 0.25) is 0 Å². The summed E-state index contributed by atoms with van der Waals surface area (Å²) >= 11 is 0. The lowest BCUT2D eigenvalue weighted by Crippen LogP contribution is -2.27. The zero-order valence-electron chi connectivity index (χ0n) is 11.9. The highest BCUT2D eigenvalue weighted by molar-refractivity contribution is 5.93. The predicted octanol–water partition coefficient (Wildman–Crippen LogP) is 2.93. The van der Waals surface area contributed by atoms with E-state index in [0.717, 1.165) is 37.2 Å². The van der Waals surface area contributed by atoms with Gasteiger partial charge in [-0.15, -0.1) is 0 Å². The van der Waals surface area contributed by atoms with Crippen LogP contribution < -0.4 is 0 Å². The zero-order valence-corrected chi connectivity index (χ0v) is 11.9. The van der Waals surface area contributed by atoms with Gasteiger partial charge in [0, 0.05) is 18.7 Å². The number of aryl methyl sites for hydroxylation is 2. The molecule has 0 atom stereocenters. The number of nitrogens with one attached hydrogen (secondary N) is 1. The van der Waals surface area contributed by atoms with Gasteiger partial charge in [-0.05, 0) is 49.9 Å². The van der Waals surface area contributed by atoms with Crippen LogP contribution in [0.2, 0.25) is 0 Å². The van der Waals surface area contributed by atoms with Crippen LogP contribution in [0, 0.1) is 13.8 Å². The molecule has 2 heterocycles. The van der Waals surface area contributed by atoms with Gasteiger partial charge >= 0.3 is 0 Å². The fourth-order valence-electron chi connectivity index (χ4n) is 2.57. The molecule has 0 spiro atoms. The van der Waals surface area contributed by atoms with Gasteiger partial charge in [-0.3, -0.25) is 9.89 Å². The number of rotatable bonds is 2. The Hall–Kier alpha value is -2.10. The lowest BCUT2D eigenvalue weighted by molar-refractivity contribution is 0.0787. The molecule has 1 aromatic heterocycles. The van der Waals surface area contributed by atoms with Gasteiger partial charge in [-0.2, -0.15) is 5.10 Å². The highest BCUT2D eigenvalue weighted by Crippen LogP contribution is 2.22. The van der Waals surface area contributed by atoms with Gasteiger partial charge in [0.25, 0.3) is 5.91 Å². The minimum atomic E-state index is 0.0603. The number of aromatic nitrogens is 2. The van der Waals surface area contributed by atoms with E-state index in [9.17, 15) is 4.79 Å². The van der Waals surface area contributed by atoms with E-state index >= 15 is 0 Å². The Labute approximate surface area is 118 Å². The van der Waals surface area contributed by atoms with E-state index < -0.39 is 0 Å². The molecule has 2 aromatic rings. The van der Waals surface area contributed by atoms with Crippen LogP contribution >= 0.6 is 0 Å². The number of likely N-dealkylation sites (tertiary alicyclic amines) is 1. The second-order valence-corrected chi connectivity index (χ2v) is 5.47. The summed E-state index contributed by atoms with van der Waals surface area (Å²) < 4.78 is 0. The van der Waals surface area contributed by atoms with Crippen LogP contribution in [0.25, 0.3) is 11.3 Å². The van der Waals surface area contributed by atoms with E-state index in [4.69, 9.17) is 0 Å². The Bertz CT molecular complexity index is 639. The molecule has 104 valence electrons. The van der Waals surface area contributed by atoms with E-state index in [1.165, 1.54) is 11.1 Å². The molecule has 4 nitrogen and oxygen atoms in total. The van der Waals surface area contributed by atoms with Gasteiger partial charge < -0.3 is 4.90 Å². The van der Waals surface area contributed by atoms with Crippen LogP contribution in [0.4, 0.5) is 0 Å². The van der Waals surface area contributed by atoms with Gasteiger partial charge in [0.1, 0.15) is 5.69 Å². The third-order valence-electron chi connectivity index (χ3n) is 4.00. The van der Waals surface area contributed by atoms with E-state index in [1.54, 1.807) is 0 Å². The van der Waals surface area contributed by atoms with Crippen molar-refractivity contribution in [3.63, 3.8) is 0 Å². The number of carbonyl (C=O) groups is 1. The number of aromatic amines is 1. The molecule has 1 saturated heterocycles. The Morgan fingerprint density at radius 2 is 1.90 bits per heavy atom. The molecule has 1 aromatic carbocycles. The topological polar surface area (TPSA) is 49.0 Å². The number of nitrogens with zero attached hydrogens (tertiary/aromatic N) is 2. The standard InChI is InChI=1S/C16H19N3O/c1-11-5-6-13(9-12(11)2)14-10-15(18-17-14)16(20)19-7-3-4-8-19/h5-6,9-10H,3-4,7-8H2,1-2H3,(H,17,18). The van der Waals surface area contributed by atoms with Crippen LogP contribution in [-0.4, -0.2) is 34.1 Å². The summed E-state index contributed by atoms with van der Waals surface area (Å²) in [6, 6.07) is 8.09. The summed E-state index contributed by atoms with van der Waals surface area (Å²) in [5.74, 6) is 0.0603. The minimum absolute atomic E-state index is 0.0603. The highest BCUT2D eigenvalue weighted by Gasteiger charge is 2.21. The minimum Gasteiger partial charge on any atom is -0.337 e. The van der Waals surface area contributed by atoms with Crippen LogP contribution in [0.5, 0.6) is 0 Å². The van der Waals surface area contributed by atoms with Crippen molar-refractivity contribution in [3.05, 3.63) is 41.1 Å². The van der Waals surface area contributed by atoms with E-state index in [0.29, 0.717) is 5.69 Å². The number of amides is 1. The van der Waals surface area contributed by atoms with Crippen molar-refractivity contribution in [1.29, 1.82) is 0 Å². The SMILES string of the molecule is Cc1ccc(-c2cc(C(=O)N3CCCC3)[nH]n2)cc1C. The Morgan fingerprint density at radius 1 is 1.15 bits per heavy atom. The molecule has 0 radical (unpaired) electrons. The van der Waals surface area contributed by atoms with E-state index in [2.05, 4.69) is 36.2 Å². The number of carbonyl (C=O) groups excluding carboxylic acids is 1. The van der Waals surface area contributed by atoms with Crippen molar-refractivity contribution < 1.29 is 4.79 Å². The summed E-state index contributed by atoms with van der Waals surface area (Å²) in [5, 5.41) is 7.15. The van der Waals surface area contributed by atoms with Crippen molar-refractivity contribution >= 4 is 5.91 Å². The molecule has 20 heavy (non-hydrogen) atoms. The maximum absolute atomic E-state index is 12.3. The molecule has 0 aliphatic carbocycles. The summed E-state index contributed by atoms with van der Waals surface area (Å²) in [7, 11) is 0. The number of benzene rings is 1. The first kappa shape index (κ1) is 12.9. The fraction of sp³-hybridized carbons (Fsp3) is 0.375. The Morgan fingerprint density at radius 3 is 2.60 bits per heavy atom. The molecule has 0 unspecified atom stereocenters. The van der Waals surface area contributed by atoms with Crippen LogP contribution in [0.3, 0.4) is 0 Å². The van der Waals surface area contributed by atoms with Crippen molar-refractivity contribution in [2.45, 2.75) is 26.7 Å². The average molecular weight is 269 g/mol. The van der Waals surface area contributed by atoms with Gasteiger partial charge in [-0.1, -0.05) is 12.1 Å². The van der Waals surface area contributed by atoms with Crippen LogP contribution in [-0.2, 0) is 0 Å². The zero-order chi connectivity index (χ0) is 14.1. The summed E-state index contributed by atoms with van der Waals surface area (Å²) in [6.07, 6.45) is 2.20. The Balaban J connectivity index is 1.85. The highest BCUT2D eigenvalue weighted by atomic mass is 16.2. The molecule has 1 aliphatic heterocycles. The number of hydrogen-bond acceptors (Lipinski definition) is 2. The molecule has 1 N–H and O–H groups in total. The maximum atomic E-state index is 12.3. The van der Waals surface area contributed by atoms with Crippen molar-refractivity contribution in [3.8, 4) is 11.3 Å². The van der Waals surface area contributed by atoms with Crippen LogP contribution in [0.1, 0.15) is 34.5 Å². The first-order chi connectivity index (χ1) is 9.65. The lowest BCUT2D eigenvalue weighted by Gasteiger charge is -2.12. The van der Waals surface area contributed by atoms with Gasteiger partial charge in [0.05, 0.1) is 5.69 Å². The molecule has 1 fully saturated rings.